The maximum Gasteiger partial charge on any atom is 0.230 e. The second-order valence-corrected chi connectivity index (χ2v) is 8.43. The fourth-order valence-corrected chi connectivity index (χ4v) is 4.68. The molecule has 92 valence electrons. The minimum Gasteiger partial charge on any atom is -0.229 e. The fraction of sp³-hybridized carbons (Fsp3) is 0.875. The third-order valence-electron chi connectivity index (χ3n) is 2.75. The third-order valence-corrected chi connectivity index (χ3v) is 6.60. The summed E-state index contributed by atoms with van der Waals surface area (Å²) in [7, 11) is -5.51. The van der Waals surface area contributed by atoms with E-state index in [0.717, 1.165) is 4.31 Å². The Labute approximate surface area is 95.8 Å². The SMILES string of the molecule is CC(C#N)S(=O)(=O)N(C)C1CCS(=O)(=O)C1. The van der Waals surface area contributed by atoms with Gasteiger partial charge in [-0.2, -0.15) is 9.57 Å². The number of hydrogen-bond donors (Lipinski definition) is 0. The van der Waals surface area contributed by atoms with Crippen LogP contribution < -0.4 is 0 Å². The van der Waals surface area contributed by atoms with Gasteiger partial charge in [0.2, 0.25) is 10.0 Å². The molecule has 0 radical (unpaired) electrons. The lowest BCUT2D eigenvalue weighted by molar-refractivity contribution is 0.392. The molecule has 0 aromatic carbocycles. The molecule has 0 amide bonds. The summed E-state index contributed by atoms with van der Waals surface area (Å²) in [5.74, 6) is -0.140. The Hall–Kier alpha value is -0.650. The van der Waals surface area contributed by atoms with Crippen molar-refractivity contribution in [3.8, 4) is 6.07 Å². The molecular weight excluding hydrogens is 252 g/mol. The van der Waals surface area contributed by atoms with Crippen molar-refractivity contribution in [3.63, 3.8) is 0 Å². The second-order valence-electron chi connectivity index (χ2n) is 3.89. The quantitative estimate of drug-likeness (QED) is 0.676. The molecule has 0 saturated carbocycles. The van der Waals surface area contributed by atoms with Crippen LogP contribution in [0.25, 0.3) is 0 Å². The van der Waals surface area contributed by atoms with Gasteiger partial charge in [-0.3, -0.25) is 0 Å². The highest BCUT2D eigenvalue weighted by molar-refractivity contribution is 7.92. The van der Waals surface area contributed by atoms with Crippen molar-refractivity contribution >= 4 is 19.9 Å². The average molecular weight is 266 g/mol. The van der Waals surface area contributed by atoms with Crippen LogP contribution in [0.4, 0.5) is 0 Å². The highest BCUT2D eigenvalue weighted by Crippen LogP contribution is 2.20. The zero-order valence-electron chi connectivity index (χ0n) is 9.12. The number of nitrogens with zero attached hydrogens (tertiary/aromatic N) is 2. The summed E-state index contributed by atoms with van der Waals surface area (Å²) < 4.78 is 47.0. The molecule has 1 heterocycles. The highest BCUT2D eigenvalue weighted by atomic mass is 32.2. The van der Waals surface area contributed by atoms with Crippen molar-refractivity contribution in [3.05, 3.63) is 0 Å². The van der Waals surface area contributed by atoms with Crippen LogP contribution in [0.5, 0.6) is 0 Å². The van der Waals surface area contributed by atoms with Crippen LogP contribution in [0.1, 0.15) is 13.3 Å². The molecule has 0 aromatic heterocycles. The van der Waals surface area contributed by atoms with Crippen LogP contribution >= 0.6 is 0 Å². The molecule has 1 rings (SSSR count). The summed E-state index contributed by atoms with van der Waals surface area (Å²) >= 11 is 0. The van der Waals surface area contributed by atoms with E-state index in [0.29, 0.717) is 6.42 Å². The van der Waals surface area contributed by atoms with E-state index in [4.69, 9.17) is 5.26 Å². The molecule has 16 heavy (non-hydrogen) atoms. The molecule has 0 aliphatic carbocycles. The van der Waals surface area contributed by atoms with Gasteiger partial charge in [-0.1, -0.05) is 0 Å². The predicted octanol–water partition coefficient (Wildman–Crippen LogP) is -0.653. The fourth-order valence-electron chi connectivity index (χ4n) is 1.59. The van der Waals surface area contributed by atoms with Gasteiger partial charge in [0.05, 0.1) is 17.6 Å². The van der Waals surface area contributed by atoms with E-state index < -0.39 is 31.2 Å². The van der Waals surface area contributed by atoms with Gasteiger partial charge >= 0.3 is 0 Å². The summed E-state index contributed by atoms with van der Waals surface area (Å²) in [5.41, 5.74) is 0. The monoisotopic (exact) mass is 266 g/mol. The van der Waals surface area contributed by atoms with Gasteiger partial charge in [0.15, 0.2) is 15.1 Å². The van der Waals surface area contributed by atoms with Gasteiger partial charge < -0.3 is 0 Å². The Morgan fingerprint density at radius 1 is 1.50 bits per heavy atom. The van der Waals surface area contributed by atoms with Crippen molar-refractivity contribution in [1.29, 1.82) is 5.26 Å². The van der Waals surface area contributed by atoms with Crippen molar-refractivity contribution in [1.82, 2.24) is 4.31 Å². The molecule has 2 atom stereocenters. The minimum atomic E-state index is -3.71. The van der Waals surface area contributed by atoms with Crippen molar-refractivity contribution < 1.29 is 16.8 Å². The first-order chi connectivity index (χ1) is 7.20. The Morgan fingerprint density at radius 3 is 2.44 bits per heavy atom. The third kappa shape index (κ3) is 2.53. The smallest absolute Gasteiger partial charge is 0.229 e. The Bertz CT molecular complexity index is 503. The van der Waals surface area contributed by atoms with Gasteiger partial charge in [0, 0.05) is 13.1 Å². The standard InChI is InChI=1S/C8H14N2O4S2/c1-7(5-9)16(13,14)10(2)8-3-4-15(11,12)6-8/h7-8H,3-4,6H2,1-2H3. The summed E-state index contributed by atoms with van der Waals surface area (Å²) in [6.07, 6.45) is 0.302. The van der Waals surface area contributed by atoms with E-state index in [1.165, 1.54) is 14.0 Å². The van der Waals surface area contributed by atoms with Crippen LogP contribution in [-0.4, -0.2) is 51.0 Å². The number of sulfone groups is 1. The number of sulfonamides is 1. The average Bonchev–Trinajstić information content (AvgIpc) is 2.56. The lowest BCUT2D eigenvalue weighted by Gasteiger charge is -2.23. The molecule has 1 saturated heterocycles. The van der Waals surface area contributed by atoms with Crippen LogP contribution in [0.3, 0.4) is 0 Å². The molecule has 1 aliphatic rings. The Kier molecular flexibility index (Phi) is 3.62. The number of hydrogen-bond acceptors (Lipinski definition) is 5. The maximum atomic E-state index is 11.8. The van der Waals surface area contributed by atoms with E-state index >= 15 is 0 Å². The van der Waals surface area contributed by atoms with Crippen molar-refractivity contribution in [2.75, 3.05) is 18.6 Å². The zero-order chi connectivity index (χ0) is 12.6. The van der Waals surface area contributed by atoms with Gasteiger partial charge in [0.25, 0.3) is 0 Å². The molecule has 8 heteroatoms. The molecule has 6 nitrogen and oxygen atoms in total. The first-order valence-electron chi connectivity index (χ1n) is 4.77. The Morgan fingerprint density at radius 2 is 2.06 bits per heavy atom. The lowest BCUT2D eigenvalue weighted by Crippen LogP contribution is -2.41. The van der Waals surface area contributed by atoms with Crippen LogP contribution in [0, 0.1) is 11.3 Å². The number of rotatable bonds is 3. The molecule has 0 bridgehead atoms. The van der Waals surface area contributed by atoms with Crippen molar-refractivity contribution in [2.45, 2.75) is 24.6 Å². The van der Waals surface area contributed by atoms with E-state index in [1.54, 1.807) is 6.07 Å². The minimum absolute atomic E-state index is 0.0124. The van der Waals surface area contributed by atoms with Gasteiger partial charge in [0.1, 0.15) is 0 Å². The zero-order valence-corrected chi connectivity index (χ0v) is 10.8. The molecule has 0 N–H and O–H groups in total. The van der Waals surface area contributed by atoms with Gasteiger partial charge in [-0.15, -0.1) is 0 Å². The molecule has 1 aliphatic heterocycles. The summed E-state index contributed by atoms with van der Waals surface area (Å²) in [6.45, 7) is 1.29. The second kappa shape index (κ2) is 4.31. The predicted molar refractivity (Wildman–Crippen MR) is 58.8 cm³/mol. The maximum absolute atomic E-state index is 11.8. The van der Waals surface area contributed by atoms with E-state index in [-0.39, 0.29) is 11.5 Å². The van der Waals surface area contributed by atoms with Crippen LogP contribution in [-0.2, 0) is 19.9 Å². The summed E-state index contributed by atoms with van der Waals surface area (Å²) in [4.78, 5) is 0. The molecule has 1 fully saturated rings. The summed E-state index contributed by atoms with van der Waals surface area (Å²) in [5, 5.41) is 7.44. The van der Waals surface area contributed by atoms with Gasteiger partial charge in [-0.25, -0.2) is 16.8 Å². The van der Waals surface area contributed by atoms with Crippen molar-refractivity contribution in [2.24, 2.45) is 0 Å². The normalized spacial score (nSPS) is 26.5. The van der Waals surface area contributed by atoms with E-state index in [9.17, 15) is 16.8 Å². The Balaban J connectivity index is 2.89. The van der Waals surface area contributed by atoms with E-state index in [2.05, 4.69) is 0 Å². The van der Waals surface area contributed by atoms with Crippen LogP contribution in [0.2, 0.25) is 0 Å². The molecule has 0 spiro atoms. The van der Waals surface area contributed by atoms with Crippen LogP contribution in [0.15, 0.2) is 0 Å². The molecule has 2 unspecified atom stereocenters. The molecular formula is C8H14N2O4S2. The first-order valence-corrected chi connectivity index (χ1v) is 8.10. The lowest BCUT2D eigenvalue weighted by atomic mass is 10.3. The molecule has 0 aromatic rings. The highest BCUT2D eigenvalue weighted by Gasteiger charge is 2.37. The summed E-state index contributed by atoms with van der Waals surface area (Å²) in [6, 6.07) is 1.11. The van der Waals surface area contributed by atoms with E-state index in [1.807, 2.05) is 0 Å². The largest absolute Gasteiger partial charge is 0.230 e. The van der Waals surface area contributed by atoms with Gasteiger partial charge in [-0.05, 0) is 13.3 Å². The number of nitriles is 1. The topological polar surface area (TPSA) is 95.3 Å². The first kappa shape index (κ1) is 13.4.